The molecule has 0 fully saturated rings. The number of nitrogens with one attached hydrogen (secondary N) is 3. The smallest absolute Gasteiger partial charge is 0.272 e. The SMILES string of the molecule is O=C(/C=C/c1cccc([N+](=O)[O-])c1)CNN1C(=O)c2cc(Br)cc(Br)c2NC1Cc1ccccc1Nc1c(Cl)cccc1Cl. The average Bonchev–Trinajstić information content (AvgIpc) is 2.99. The number of ketones is 1. The summed E-state index contributed by atoms with van der Waals surface area (Å²) < 4.78 is 1.41. The van der Waals surface area contributed by atoms with Gasteiger partial charge < -0.3 is 10.6 Å². The van der Waals surface area contributed by atoms with Gasteiger partial charge in [-0.25, -0.2) is 5.43 Å². The molecule has 4 aromatic carbocycles. The van der Waals surface area contributed by atoms with E-state index in [4.69, 9.17) is 23.2 Å². The van der Waals surface area contributed by atoms with Gasteiger partial charge in [0.25, 0.3) is 11.6 Å². The van der Waals surface area contributed by atoms with Crippen LogP contribution in [0.25, 0.3) is 6.08 Å². The predicted octanol–water partition coefficient (Wildman–Crippen LogP) is 8.39. The molecule has 5 rings (SSSR count). The number of rotatable bonds is 10. The first-order valence-corrected chi connectivity index (χ1v) is 15.5. The summed E-state index contributed by atoms with van der Waals surface area (Å²) in [6, 6.07) is 22.3. The second-order valence-corrected chi connectivity index (χ2v) is 12.3. The highest BCUT2D eigenvalue weighted by Crippen LogP contribution is 2.37. The van der Waals surface area contributed by atoms with Crippen LogP contribution in [-0.4, -0.2) is 34.3 Å². The molecule has 13 heteroatoms. The summed E-state index contributed by atoms with van der Waals surface area (Å²) in [6.45, 7) is -0.199. The van der Waals surface area contributed by atoms with E-state index >= 15 is 0 Å². The standard InChI is InChI=1S/C31H23Br2Cl2N5O4/c32-20-15-23-29(24(33)16-20)38-28(14-19-6-1-2-10-27(19)37-30-25(34)8-4-9-26(30)35)39(31(23)42)36-17-22(41)12-11-18-5-3-7-21(13-18)40(43)44/h1-13,15-16,28,36-38H,14,17H2/b12-11+. The number of halogens is 4. The number of amides is 1. The van der Waals surface area contributed by atoms with Crippen LogP contribution >= 0.6 is 55.1 Å². The molecule has 1 aliphatic rings. The van der Waals surface area contributed by atoms with Gasteiger partial charge in [-0.2, -0.15) is 0 Å². The fourth-order valence-corrected chi connectivity index (χ4v) is 6.48. The van der Waals surface area contributed by atoms with E-state index in [0.29, 0.717) is 47.9 Å². The molecule has 3 N–H and O–H groups in total. The van der Waals surface area contributed by atoms with Gasteiger partial charge in [-0.15, -0.1) is 0 Å². The van der Waals surface area contributed by atoms with Crippen LogP contribution in [0.3, 0.4) is 0 Å². The minimum atomic E-state index is -0.606. The van der Waals surface area contributed by atoms with Crippen molar-refractivity contribution in [2.75, 3.05) is 17.2 Å². The molecule has 0 radical (unpaired) electrons. The van der Waals surface area contributed by atoms with Crippen molar-refractivity contribution in [3.63, 3.8) is 0 Å². The molecule has 0 spiro atoms. The lowest BCUT2D eigenvalue weighted by Crippen LogP contribution is -2.57. The van der Waals surface area contributed by atoms with E-state index in [2.05, 4.69) is 47.9 Å². The van der Waals surface area contributed by atoms with Crippen LogP contribution in [0.4, 0.5) is 22.7 Å². The van der Waals surface area contributed by atoms with Crippen LogP contribution in [0.15, 0.2) is 93.9 Å². The number of nitrogens with zero attached hydrogens (tertiary/aromatic N) is 2. The molecule has 44 heavy (non-hydrogen) atoms. The van der Waals surface area contributed by atoms with Crippen LogP contribution in [0.1, 0.15) is 21.5 Å². The Kier molecular flexibility index (Phi) is 10.0. The van der Waals surface area contributed by atoms with Crippen LogP contribution in [0.5, 0.6) is 0 Å². The highest BCUT2D eigenvalue weighted by molar-refractivity contribution is 9.11. The number of hydrogen-bond donors (Lipinski definition) is 3. The van der Waals surface area contributed by atoms with E-state index in [1.54, 1.807) is 36.4 Å². The maximum Gasteiger partial charge on any atom is 0.272 e. The van der Waals surface area contributed by atoms with Gasteiger partial charge in [0.1, 0.15) is 6.17 Å². The van der Waals surface area contributed by atoms with E-state index < -0.39 is 11.1 Å². The van der Waals surface area contributed by atoms with E-state index in [1.165, 1.54) is 29.3 Å². The Labute approximate surface area is 279 Å². The third-order valence-corrected chi connectivity index (χ3v) is 8.46. The zero-order valence-electron chi connectivity index (χ0n) is 22.7. The van der Waals surface area contributed by atoms with Crippen LogP contribution < -0.4 is 16.1 Å². The Bertz CT molecular complexity index is 1780. The Morgan fingerprint density at radius 3 is 2.50 bits per heavy atom. The number of hydrazine groups is 1. The van der Waals surface area contributed by atoms with Crippen molar-refractivity contribution in [3.05, 3.63) is 131 Å². The molecule has 0 saturated carbocycles. The first-order valence-electron chi connectivity index (χ1n) is 13.2. The molecule has 0 aliphatic carbocycles. The van der Waals surface area contributed by atoms with Gasteiger partial charge in [0, 0.05) is 33.2 Å². The Morgan fingerprint density at radius 1 is 1.02 bits per heavy atom. The molecule has 1 aliphatic heterocycles. The molecular weight excluding hydrogens is 737 g/mol. The van der Waals surface area contributed by atoms with Gasteiger partial charge in [-0.05, 0) is 63.5 Å². The Hall–Kier alpha value is -3.74. The van der Waals surface area contributed by atoms with Gasteiger partial charge in [-0.3, -0.25) is 24.7 Å². The predicted molar refractivity (Wildman–Crippen MR) is 180 cm³/mol. The first kappa shape index (κ1) is 31.7. The molecule has 0 bridgehead atoms. The molecule has 1 unspecified atom stereocenters. The summed E-state index contributed by atoms with van der Waals surface area (Å²) in [5.41, 5.74) is 6.61. The van der Waals surface area contributed by atoms with Crippen molar-refractivity contribution < 1.29 is 14.5 Å². The lowest BCUT2D eigenvalue weighted by atomic mass is 10.0. The normalized spacial score (nSPS) is 14.3. The van der Waals surface area contributed by atoms with Crippen LogP contribution in [0, 0.1) is 10.1 Å². The molecule has 1 heterocycles. The number of benzene rings is 4. The minimum Gasteiger partial charge on any atom is -0.362 e. The fraction of sp³-hybridized carbons (Fsp3) is 0.0968. The second-order valence-electron chi connectivity index (χ2n) is 9.72. The number of nitro groups is 1. The van der Waals surface area contributed by atoms with Crippen molar-refractivity contribution in [3.8, 4) is 0 Å². The highest BCUT2D eigenvalue weighted by atomic mass is 79.9. The van der Waals surface area contributed by atoms with Crippen molar-refractivity contribution in [1.82, 2.24) is 10.4 Å². The van der Waals surface area contributed by atoms with E-state index in [1.807, 2.05) is 30.3 Å². The number of nitro benzene ring substituents is 1. The number of non-ortho nitro benzene ring substituents is 1. The summed E-state index contributed by atoms with van der Waals surface area (Å²) in [7, 11) is 0. The summed E-state index contributed by atoms with van der Waals surface area (Å²) in [6.07, 6.45) is 2.54. The zero-order chi connectivity index (χ0) is 31.4. The summed E-state index contributed by atoms with van der Waals surface area (Å²) in [4.78, 5) is 37.2. The lowest BCUT2D eigenvalue weighted by molar-refractivity contribution is -0.384. The monoisotopic (exact) mass is 757 g/mol. The summed E-state index contributed by atoms with van der Waals surface area (Å²) in [5.74, 6) is -0.666. The second kappa shape index (κ2) is 13.9. The van der Waals surface area contributed by atoms with Crippen molar-refractivity contribution in [2.24, 2.45) is 0 Å². The zero-order valence-corrected chi connectivity index (χ0v) is 27.4. The third-order valence-electron chi connectivity index (χ3n) is 6.75. The van der Waals surface area contributed by atoms with Crippen molar-refractivity contribution >= 4 is 95.6 Å². The van der Waals surface area contributed by atoms with E-state index in [9.17, 15) is 19.7 Å². The molecule has 1 atom stereocenters. The average molecular weight is 760 g/mol. The topological polar surface area (TPSA) is 117 Å². The maximum absolute atomic E-state index is 13.8. The van der Waals surface area contributed by atoms with Crippen molar-refractivity contribution in [1.29, 1.82) is 0 Å². The quantitative estimate of drug-likeness (QED) is 0.0845. The molecule has 0 saturated heterocycles. The lowest BCUT2D eigenvalue weighted by Gasteiger charge is -2.38. The van der Waals surface area contributed by atoms with Gasteiger partial charge in [0.2, 0.25) is 0 Å². The largest absolute Gasteiger partial charge is 0.362 e. The van der Waals surface area contributed by atoms with Gasteiger partial charge in [0.05, 0.1) is 38.5 Å². The molecule has 9 nitrogen and oxygen atoms in total. The number of carbonyl (C=O) groups is 2. The first-order chi connectivity index (χ1) is 21.1. The fourth-order valence-electron chi connectivity index (χ4n) is 4.65. The number of anilines is 3. The summed E-state index contributed by atoms with van der Waals surface area (Å²) >= 11 is 19.8. The molecule has 0 aromatic heterocycles. The Balaban J connectivity index is 1.40. The van der Waals surface area contributed by atoms with Gasteiger partial charge >= 0.3 is 0 Å². The summed E-state index contributed by atoms with van der Waals surface area (Å²) in [5, 5.41) is 20.2. The maximum atomic E-state index is 13.8. The molecule has 4 aromatic rings. The van der Waals surface area contributed by atoms with Gasteiger partial charge in [-0.1, -0.05) is 81.6 Å². The Morgan fingerprint density at radius 2 is 1.75 bits per heavy atom. The number of hydrogen-bond acceptors (Lipinski definition) is 7. The third kappa shape index (κ3) is 7.31. The molecule has 1 amide bonds. The van der Waals surface area contributed by atoms with Crippen molar-refractivity contribution in [2.45, 2.75) is 12.6 Å². The van der Waals surface area contributed by atoms with Gasteiger partial charge in [0.15, 0.2) is 5.78 Å². The van der Waals surface area contributed by atoms with E-state index in [-0.39, 0.29) is 23.9 Å². The molecular formula is C31H23Br2Cl2N5O4. The van der Waals surface area contributed by atoms with E-state index in [0.717, 1.165) is 11.3 Å². The van der Waals surface area contributed by atoms with Crippen LogP contribution in [0.2, 0.25) is 10.0 Å². The van der Waals surface area contributed by atoms with Crippen LogP contribution in [-0.2, 0) is 11.2 Å². The highest BCUT2D eigenvalue weighted by Gasteiger charge is 2.34. The minimum absolute atomic E-state index is 0.0758. The number of para-hydroxylation sites is 2. The number of fused-ring (bicyclic) bond motifs is 1. The molecule has 224 valence electrons. The number of carbonyl (C=O) groups excluding carboxylic acids is 2.